The Morgan fingerprint density at radius 3 is 3.00 bits per heavy atom. The number of urea groups is 1. The van der Waals surface area contributed by atoms with Crippen molar-refractivity contribution >= 4 is 35.8 Å². The third-order valence-electron chi connectivity index (χ3n) is 1.79. The van der Waals surface area contributed by atoms with E-state index in [-0.39, 0.29) is 12.0 Å². The summed E-state index contributed by atoms with van der Waals surface area (Å²) in [4.78, 5) is 14.6. The quantitative estimate of drug-likeness (QED) is 0.510. The molecule has 0 aromatic carbocycles. The maximum Gasteiger partial charge on any atom is 0.324 e. The fraction of sp³-hybridized carbons (Fsp3) is 0.556. The average Bonchev–Trinajstić information content (AvgIpc) is 2.73. The van der Waals surface area contributed by atoms with Gasteiger partial charge in [-0.15, -0.1) is 0 Å². The first kappa shape index (κ1) is 14.0. The number of hydrogen-bond donors (Lipinski definition) is 3. The van der Waals surface area contributed by atoms with E-state index >= 15 is 0 Å². The number of hydrogen-bond acceptors (Lipinski definition) is 6. The van der Waals surface area contributed by atoms with Crippen LogP contribution in [0.4, 0.5) is 10.8 Å². The molecular formula is C9H16N4O2S2. The maximum atomic E-state index is 10.8. The molecule has 17 heavy (non-hydrogen) atoms. The first-order valence-corrected chi connectivity index (χ1v) is 7.24. The fourth-order valence-electron chi connectivity index (χ4n) is 0.981. The number of rotatable bonds is 7. The summed E-state index contributed by atoms with van der Waals surface area (Å²) in [7, 11) is 1.59. The van der Waals surface area contributed by atoms with Crippen molar-refractivity contribution < 1.29 is 9.21 Å². The zero-order chi connectivity index (χ0) is 12.5. The molecule has 0 atom stereocenters. The summed E-state index contributed by atoms with van der Waals surface area (Å²) in [6, 6.07) is 0.0486. The number of nitrogen functional groups attached to an aromatic ring is 1. The summed E-state index contributed by atoms with van der Waals surface area (Å²) in [5, 5.41) is 2.48. The second-order valence-electron chi connectivity index (χ2n) is 3.06. The van der Waals surface area contributed by atoms with Crippen molar-refractivity contribution in [2.45, 2.75) is 6.42 Å². The molecule has 1 heterocycles. The zero-order valence-electron chi connectivity index (χ0n) is 9.56. The van der Waals surface area contributed by atoms with Crippen molar-refractivity contribution in [3.05, 3.63) is 12.0 Å². The molecule has 0 spiro atoms. The summed E-state index contributed by atoms with van der Waals surface area (Å²) in [5.74, 6) is 3.61. The Hall–Kier alpha value is -1.02. The highest BCUT2D eigenvalue weighted by Crippen LogP contribution is 2.10. The molecule has 4 N–H and O–H groups in total. The number of aromatic nitrogens is 1. The van der Waals surface area contributed by atoms with Crippen molar-refractivity contribution in [2.75, 3.05) is 30.0 Å². The van der Waals surface area contributed by atoms with Crippen LogP contribution >= 0.6 is 23.7 Å². The van der Waals surface area contributed by atoms with Gasteiger partial charge in [0, 0.05) is 30.7 Å². The third kappa shape index (κ3) is 6.32. The molecule has 0 saturated heterocycles. The van der Waals surface area contributed by atoms with Gasteiger partial charge in [0.2, 0.25) is 0 Å². The molecule has 2 amide bonds. The van der Waals surface area contributed by atoms with Gasteiger partial charge >= 0.3 is 6.03 Å². The molecule has 0 unspecified atom stereocenters. The number of nitrogens with zero attached hydrogens (tertiary/aromatic N) is 1. The molecule has 0 aliphatic carbocycles. The Balaban J connectivity index is 1.93. The molecule has 0 aliphatic rings. The van der Waals surface area contributed by atoms with Crippen molar-refractivity contribution in [1.29, 1.82) is 0 Å². The van der Waals surface area contributed by atoms with Crippen molar-refractivity contribution in [3.63, 3.8) is 0 Å². The van der Waals surface area contributed by atoms with Crippen LogP contribution in [-0.2, 0) is 6.42 Å². The van der Waals surface area contributed by atoms with E-state index in [2.05, 4.69) is 15.0 Å². The van der Waals surface area contributed by atoms with E-state index in [9.17, 15) is 4.79 Å². The minimum absolute atomic E-state index is 0.169. The predicted molar refractivity (Wildman–Crippen MR) is 72.0 cm³/mol. The lowest BCUT2D eigenvalue weighted by atomic mass is 10.4. The van der Waals surface area contributed by atoms with Crippen LogP contribution in [0.25, 0.3) is 0 Å². The standard InChI is InChI=1S/C9H16N4O2S2/c1-11-9(14)13-17-5-4-16-3-2-7-6-12-8(10)15-7/h6H,2-5H2,1H3,(H2,10,12)(H2,11,13,14). The van der Waals surface area contributed by atoms with Gasteiger partial charge in [-0.25, -0.2) is 9.78 Å². The van der Waals surface area contributed by atoms with Gasteiger partial charge in [0.25, 0.3) is 6.01 Å². The van der Waals surface area contributed by atoms with Crippen molar-refractivity contribution in [2.24, 2.45) is 0 Å². The minimum Gasteiger partial charge on any atom is -0.429 e. The Morgan fingerprint density at radius 1 is 1.53 bits per heavy atom. The van der Waals surface area contributed by atoms with Crippen LogP contribution in [0.3, 0.4) is 0 Å². The highest BCUT2D eigenvalue weighted by molar-refractivity contribution is 8.02. The molecule has 0 bridgehead atoms. The number of nitrogens with two attached hydrogens (primary N) is 1. The van der Waals surface area contributed by atoms with Crippen LogP contribution < -0.4 is 15.8 Å². The van der Waals surface area contributed by atoms with E-state index in [1.807, 2.05) is 0 Å². The van der Waals surface area contributed by atoms with Gasteiger partial charge in [-0.3, -0.25) is 4.72 Å². The molecule has 0 aliphatic heterocycles. The predicted octanol–water partition coefficient (Wildman–Crippen LogP) is 1.11. The number of aryl methyl sites for hydroxylation is 1. The number of amides is 2. The Morgan fingerprint density at radius 2 is 2.35 bits per heavy atom. The molecule has 0 radical (unpaired) electrons. The lowest BCUT2D eigenvalue weighted by Crippen LogP contribution is -2.27. The van der Waals surface area contributed by atoms with Crippen LogP contribution in [0, 0.1) is 0 Å². The topological polar surface area (TPSA) is 93.2 Å². The van der Waals surface area contributed by atoms with Gasteiger partial charge in [-0.1, -0.05) is 0 Å². The molecule has 0 fully saturated rings. The van der Waals surface area contributed by atoms with Crippen LogP contribution in [0.5, 0.6) is 0 Å². The van der Waals surface area contributed by atoms with E-state index in [0.29, 0.717) is 0 Å². The summed E-state index contributed by atoms with van der Waals surface area (Å²) >= 11 is 3.19. The Kier molecular flexibility index (Phi) is 6.71. The molecular weight excluding hydrogens is 260 g/mol. The molecule has 6 nitrogen and oxygen atoms in total. The smallest absolute Gasteiger partial charge is 0.324 e. The summed E-state index contributed by atoms with van der Waals surface area (Å²) < 4.78 is 7.79. The fourth-order valence-corrected chi connectivity index (χ4v) is 2.67. The largest absolute Gasteiger partial charge is 0.429 e. The highest BCUT2D eigenvalue weighted by Gasteiger charge is 2.00. The molecule has 0 saturated carbocycles. The minimum atomic E-state index is -0.169. The van der Waals surface area contributed by atoms with Gasteiger partial charge < -0.3 is 15.5 Å². The number of nitrogens with one attached hydrogen (secondary N) is 2. The number of anilines is 1. The number of carbonyl (C=O) groups excluding carboxylic acids is 1. The van der Waals surface area contributed by atoms with E-state index in [4.69, 9.17) is 10.2 Å². The molecule has 1 aromatic heterocycles. The lowest BCUT2D eigenvalue weighted by molar-refractivity contribution is 0.248. The SMILES string of the molecule is CNC(=O)NSCCSCCc1cnc(N)o1. The molecule has 1 aromatic rings. The normalized spacial score (nSPS) is 10.2. The van der Waals surface area contributed by atoms with Gasteiger partial charge in [0.15, 0.2) is 0 Å². The summed E-state index contributed by atoms with van der Waals surface area (Å²) in [6.45, 7) is 0. The maximum absolute atomic E-state index is 10.8. The van der Waals surface area contributed by atoms with Gasteiger partial charge in [0.1, 0.15) is 5.76 Å². The monoisotopic (exact) mass is 276 g/mol. The van der Waals surface area contributed by atoms with Crippen molar-refractivity contribution in [1.82, 2.24) is 15.0 Å². The molecule has 1 rings (SSSR count). The lowest BCUT2D eigenvalue weighted by Gasteiger charge is -2.02. The summed E-state index contributed by atoms with van der Waals surface area (Å²) in [5.41, 5.74) is 5.36. The van der Waals surface area contributed by atoms with E-state index < -0.39 is 0 Å². The van der Waals surface area contributed by atoms with Gasteiger partial charge in [0.05, 0.1) is 6.20 Å². The Labute approximate surface area is 109 Å². The first-order chi connectivity index (χ1) is 8.22. The van der Waals surface area contributed by atoms with Gasteiger partial charge in [-0.05, 0) is 11.9 Å². The van der Waals surface area contributed by atoms with Crippen LogP contribution in [-0.4, -0.2) is 35.3 Å². The second-order valence-corrected chi connectivity index (χ2v) is 5.18. The van der Waals surface area contributed by atoms with Crippen LogP contribution in [0.15, 0.2) is 10.6 Å². The van der Waals surface area contributed by atoms with E-state index in [1.165, 1.54) is 11.9 Å². The zero-order valence-corrected chi connectivity index (χ0v) is 11.2. The van der Waals surface area contributed by atoms with E-state index in [0.717, 1.165) is 29.4 Å². The van der Waals surface area contributed by atoms with Crippen LogP contribution in [0.1, 0.15) is 5.76 Å². The van der Waals surface area contributed by atoms with E-state index in [1.54, 1.807) is 25.0 Å². The number of carbonyl (C=O) groups is 1. The second kappa shape index (κ2) is 8.13. The number of thioether (sulfide) groups is 1. The van der Waals surface area contributed by atoms with Crippen molar-refractivity contribution in [3.8, 4) is 0 Å². The number of oxazole rings is 1. The molecule has 96 valence electrons. The molecule has 8 heteroatoms. The van der Waals surface area contributed by atoms with Crippen LogP contribution in [0.2, 0.25) is 0 Å². The first-order valence-electron chi connectivity index (χ1n) is 5.10. The van der Waals surface area contributed by atoms with Gasteiger partial charge in [-0.2, -0.15) is 11.8 Å². The average molecular weight is 276 g/mol. The summed E-state index contributed by atoms with van der Waals surface area (Å²) in [6.07, 6.45) is 2.47. The Bertz CT molecular complexity index is 345. The highest BCUT2D eigenvalue weighted by atomic mass is 32.2. The third-order valence-corrected chi connectivity index (χ3v) is 3.77.